The van der Waals surface area contributed by atoms with Gasteiger partial charge in [-0.25, -0.2) is 4.98 Å². The lowest BCUT2D eigenvalue weighted by molar-refractivity contribution is -0.133. The monoisotopic (exact) mass is 301 g/mol. The van der Waals surface area contributed by atoms with Crippen LogP contribution >= 0.6 is 11.8 Å². The molecule has 0 aliphatic rings. The Labute approximate surface area is 121 Å². The van der Waals surface area contributed by atoms with E-state index in [4.69, 9.17) is 9.84 Å². The number of aromatic nitrogens is 2. The molecule has 1 amide bonds. The Kier molecular flexibility index (Phi) is 6.53. The van der Waals surface area contributed by atoms with Crippen LogP contribution in [0.15, 0.2) is 11.4 Å². The number of carboxylic acid groups (broad SMARTS) is 1. The van der Waals surface area contributed by atoms with Crippen LogP contribution in [0.1, 0.15) is 18.7 Å². The van der Waals surface area contributed by atoms with Gasteiger partial charge < -0.3 is 19.7 Å². The topological polar surface area (TPSA) is 93.5 Å². The lowest BCUT2D eigenvalue weighted by Gasteiger charge is -2.15. The van der Waals surface area contributed by atoms with E-state index >= 15 is 0 Å². The molecule has 0 fully saturated rings. The van der Waals surface area contributed by atoms with Crippen LogP contribution < -0.4 is 5.32 Å². The van der Waals surface area contributed by atoms with E-state index in [1.54, 1.807) is 31.7 Å². The number of thioether (sulfide) groups is 1. The fraction of sp³-hybridized carbons (Fsp3) is 0.583. The second-order valence-corrected chi connectivity index (χ2v) is 5.16. The molecule has 0 bridgehead atoms. The number of nitrogens with one attached hydrogen (secondary N) is 1. The number of methoxy groups -OCH3 is 1. The number of ether oxygens (including phenoxy) is 1. The summed E-state index contributed by atoms with van der Waals surface area (Å²) in [5, 5.41) is 12.0. The van der Waals surface area contributed by atoms with Crippen LogP contribution in [-0.2, 0) is 14.3 Å². The van der Waals surface area contributed by atoms with Crippen molar-refractivity contribution in [3.63, 3.8) is 0 Å². The Balaban J connectivity index is 2.73. The molecule has 1 aromatic heterocycles. The molecule has 1 atom stereocenters. The van der Waals surface area contributed by atoms with Gasteiger partial charge in [-0.05, 0) is 13.8 Å². The number of hydrogen-bond donors (Lipinski definition) is 2. The number of nitrogens with zero attached hydrogens (tertiary/aromatic N) is 2. The third-order valence-corrected chi connectivity index (χ3v) is 3.50. The first-order valence-corrected chi connectivity index (χ1v) is 7.11. The van der Waals surface area contributed by atoms with E-state index in [0.29, 0.717) is 18.3 Å². The van der Waals surface area contributed by atoms with Crippen LogP contribution in [0.4, 0.5) is 0 Å². The highest BCUT2D eigenvalue weighted by Gasteiger charge is 2.19. The van der Waals surface area contributed by atoms with Crippen LogP contribution in [0.3, 0.4) is 0 Å². The van der Waals surface area contributed by atoms with Crippen LogP contribution in [-0.4, -0.2) is 52.5 Å². The van der Waals surface area contributed by atoms with Crippen molar-refractivity contribution in [2.75, 3.05) is 26.0 Å². The molecule has 0 spiro atoms. The number of carbonyl (C=O) groups is 2. The molecule has 1 heterocycles. The molecule has 0 radical (unpaired) electrons. The second kappa shape index (κ2) is 7.91. The van der Waals surface area contributed by atoms with Gasteiger partial charge in [0.15, 0.2) is 5.16 Å². The van der Waals surface area contributed by atoms with Gasteiger partial charge in [0.05, 0.1) is 18.1 Å². The molecule has 1 unspecified atom stereocenters. The Hall–Kier alpha value is -1.54. The van der Waals surface area contributed by atoms with Crippen molar-refractivity contribution < 1.29 is 19.4 Å². The van der Waals surface area contributed by atoms with Crippen molar-refractivity contribution in [1.82, 2.24) is 14.9 Å². The molecule has 1 rings (SSSR count). The van der Waals surface area contributed by atoms with Crippen molar-refractivity contribution in [2.24, 2.45) is 0 Å². The van der Waals surface area contributed by atoms with Gasteiger partial charge in [0, 0.05) is 19.9 Å². The summed E-state index contributed by atoms with van der Waals surface area (Å²) in [6.07, 6.45) is 1.74. The van der Waals surface area contributed by atoms with Gasteiger partial charge >= 0.3 is 5.97 Å². The molecular formula is C12H19N3O4S. The summed E-state index contributed by atoms with van der Waals surface area (Å²) in [5.41, 5.74) is 0.745. The van der Waals surface area contributed by atoms with Gasteiger partial charge in [-0.1, -0.05) is 11.8 Å². The molecule has 2 N–H and O–H groups in total. The van der Waals surface area contributed by atoms with Gasteiger partial charge in [-0.2, -0.15) is 0 Å². The van der Waals surface area contributed by atoms with Crippen molar-refractivity contribution >= 4 is 23.6 Å². The number of hydrogen-bond acceptors (Lipinski definition) is 5. The first-order chi connectivity index (χ1) is 9.45. The normalized spacial score (nSPS) is 12.2. The van der Waals surface area contributed by atoms with Crippen LogP contribution in [0.5, 0.6) is 0 Å². The zero-order chi connectivity index (χ0) is 15.1. The zero-order valence-corrected chi connectivity index (χ0v) is 12.6. The predicted molar refractivity (Wildman–Crippen MR) is 74.9 cm³/mol. The van der Waals surface area contributed by atoms with E-state index in [2.05, 4.69) is 10.3 Å². The molecule has 0 aromatic carbocycles. The molecule has 112 valence electrons. The average molecular weight is 301 g/mol. The third kappa shape index (κ3) is 4.86. The van der Waals surface area contributed by atoms with Crippen molar-refractivity contribution in [3.8, 4) is 0 Å². The molecule has 20 heavy (non-hydrogen) atoms. The minimum absolute atomic E-state index is 0.0888. The van der Waals surface area contributed by atoms with Crippen LogP contribution in [0, 0.1) is 6.92 Å². The van der Waals surface area contributed by atoms with Gasteiger partial charge in [0.1, 0.15) is 6.04 Å². The fourth-order valence-corrected chi connectivity index (χ4v) is 2.38. The molecule has 7 nitrogen and oxygen atoms in total. The Morgan fingerprint density at radius 1 is 1.60 bits per heavy atom. The summed E-state index contributed by atoms with van der Waals surface area (Å²) in [7, 11) is 1.56. The number of aryl methyl sites for hydroxylation is 1. The lowest BCUT2D eigenvalue weighted by atomic mass is 10.3. The summed E-state index contributed by atoms with van der Waals surface area (Å²) < 4.78 is 6.55. The highest BCUT2D eigenvalue weighted by Crippen LogP contribution is 2.21. The molecule has 0 aliphatic carbocycles. The summed E-state index contributed by atoms with van der Waals surface area (Å²) in [5.74, 6) is -1.16. The van der Waals surface area contributed by atoms with Gasteiger partial charge in [-0.3, -0.25) is 9.59 Å². The van der Waals surface area contributed by atoms with Crippen LogP contribution in [0.25, 0.3) is 0 Å². The molecule has 8 heteroatoms. The Morgan fingerprint density at radius 2 is 2.30 bits per heavy atom. The van der Waals surface area contributed by atoms with Gasteiger partial charge in [0.25, 0.3) is 0 Å². The maximum absolute atomic E-state index is 12.0. The molecule has 0 saturated heterocycles. The summed E-state index contributed by atoms with van der Waals surface area (Å²) in [6, 6.07) is -0.454. The molecular weight excluding hydrogens is 282 g/mol. The fourth-order valence-electron chi connectivity index (χ4n) is 1.55. The van der Waals surface area contributed by atoms with Crippen molar-refractivity contribution in [2.45, 2.75) is 25.0 Å². The number of rotatable bonds is 8. The summed E-state index contributed by atoms with van der Waals surface area (Å²) >= 11 is 1.10. The highest BCUT2D eigenvalue weighted by molar-refractivity contribution is 7.99. The smallest absolute Gasteiger partial charge is 0.313 e. The van der Waals surface area contributed by atoms with E-state index in [-0.39, 0.29) is 11.7 Å². The van der Waals surface area contributed by atoms with E-state index in [1.807, 2.05) is 0 Å². The third-order valence-electron chi connectivity index (χ3n) is 2.55. The largest absolute Gasteiger partial charge is 0.481 e. The maximum Gasteiger partial charge on any atom is 0.313 e. The predicted octanol–water partition coefficient (Wildman–Crippen LogP) is 0.692. The SMILES string of the molecule is COCCNC(=O)C(C)n1cc(C)nc1SCC(=O)O. The second-order valence-electron chi connectivity index (χ2n) is 4.21. The minimum Gasteiger partial charge on any atom is -0.481 e. The number of carboxylic acids is 1. The van der Waals surface area contributed by atoms with Gasteiger partial charge in [-0.15, -0.1) is 0 Å². The Morgan fingerprint density at radius 3 is 2.90 bits per heavy atom. The highest BCUT2D eigenvalue weighted by atomic mass is 32.2. The standard InChI is InChI=1S/C12H19N3O4S/c1-8-6-15(12(14-8)20-7-10(16)17)9(2)11(18)13-4-5-19-3/h6,9H,4-5,7H2,1-3H3,(H,13,18)(H,16,17). The number of amides is 1. The van der Waals surface area contributed by atoms with Crippen LogP contribution in [0.2, 0.25) is 0 Å². The Bertz CT molecular complexity index is 475. The quantitative estimate of drug-likeness (QED) is 0.542. The molecule has 1 aromatic rings. The van der Waals surface area contributed by atoms with Gasteiger partial charge in [0.2, 0.25) is 5.91 Å². The minimum atomic E-state index is -0.917. The van der Waals surface area contributed by atoms with E-state index in [0.717, 1.165) is 17.5 Å². The van der Waals surface area contributed by atoms with Crippen molar-refractivity contribution in [1.29, 1.82) is 0 Å². The average Bonchev–Trinajstić information content (AvgIpc) is 2.76. The zero-order valence-electron chi connectivity index (χ0n) is 11.8. The summed E-state index contributed by atoms with van der Waals surface area (Å²) in [6.45, 7) is 4.43. The van der Waals surface area contributed by atoms with E-state index in [9.17, 15) is 9.59 Å². The first-order valence-electron chi connectivity index (χ1n) is 6.12. The number of imidazole rings is 1. The van der Waals surface area contributed by atoms with Crippen molar-refractivity contribution in [3.05, 3.63) is 11.9 Å². The first kappa shape index (κ1) is 16.5. The molecule has 0 saturated carbocycles. The maximum atomic E-state index is 12.0. The number of aliphatic carboxylic acids is 1. The number of carbonyl (C=O) groups excluding carboxylic acids is 1. The van der Waals surface area contributed by atoms with E-state index < -0.39 is 12.0 Å². The molecule has 0 aliphatic heterocycles. The summed E-state index contributed by atoms with van der Waals surface area (Å²) in [4.78, 5) is 26.8. The lowest BCUT2D eigenvalue weighted by Crippen LogP contribution is -2.33. The van der Waals surface area contributed by atoms with E-state index in [1.165, 1.54) is 0 Å².